The summed E-state index contributed by atoms with van der Waals surface area (Å²) in [6.45, 7) is 1.67. The number of aryl methyl sites for hydroxylation is 1. The highest BCUT2D eigenvalue weighted by molar-refractivity contribution is 5.91. The number of hydrogen-bond donors (Lipinski definition) is 0. The van der Waals surface area contributed by atoms with Crippen molar-refractivity contribution in [3.05, 3.63) is 34.6 Å². The molecular weight excluding hydrogens is 183 g/mol. The molecule has 2 nitrogen and oxygen atoms in total. The Morgan fingerprint density at radius 3 is 2.71 bits per heavy atom. The molecule has 0 N–H and O–H groups in total. The monoisotopic (exact) mass is 192 g/mol. The maximum absolute atomic E-state index is 13.2. The zero-order chi connectivity index (χ0) is 10.7. The predicted octanol–water partition coefficient (Wildman–Crippen LogP) is 1.90. The molecule has 1 aromatic rings. The average Bonchev–Trinajstić information content (AvgIpc) is 2.19. The summed E-state index contributed by atoms with van der Waals surface area (Å²) >= 11 is 0. The SMILES string of the molecule is C#Cc1cc(C)c(C(=O)OC)cc1F. The largest absolute Gasteiger partial charge is 0.465 e. The highest BCUT2D eigenvalue weighted by Crippen LogP contribution is 2.15. The molecule has 0 aliphatic carbocycles. The van der Waals surface area contributed by atoms with Gasteiger partial charge in [0.2, 0.25) is 0 Å². The summed E-state index contributed by atoms with van der Waals surface area (Å²) in [5.74, 6) is 1.04. The average molecular weight is 192 g/mol. The molecule has 0 fully saturated rings. The lowest BCUT2D eigenvalue weighted by Gasteiger charge is -2.04. The molecule has 0 atom stereocenters. The van der Waals surface area contributed by atoms with Crippen LogP contribution in [0, 0.1) is 25.1 Å². The normalized spacial score (nSPS) is 9.29. The summed E-state index contributed by atoms with van der Waals surface area (Å²) in [6, 6.07) is 2.54. The van der Waals surface area contributed by atoms with Crippen LogP contribution in [-0.4, -0.2) is 13.1 Å². The number of ether oxygens (including phenoxy) is 1. The van der Waals surface area contributed by atoms with Crippen molar-refractivity contribution in [3.63, 3.8) is 0 Å². The molecule has 0 aliphatic rings. The van der Waals surface area contributed by atoms with Crippen LogP contribution in [0.5, 0.6) is 0 Å². The minimum Gasteiger partial charge on any atom is -0.465 e. The first-order valence-electron chi connectivity index (χ1n) is 3.95. The number of terminal acetylenes is 1. The number of halogens is 1. The molecule has 3 heteroatoms. The zero-order valence-electron chi connectivity index (χ0n) is 7.93. The van der Waals surface area contributed by atoms with Crippen LogP contribution in [0.15, 0.2) is 12.1 Å². The topological polar surface area (TPSA) is 26.3 Å². The smallest absolute Gasteiger partial charge is 0.338 e. The van der Waals surface area contributed by atoms with Gasteiger partial charge in [-0.1, -0.05) is 5.92 Å². The van der Waals surface area contributed by atoms with E-state index < -0.39 is 11.8 Å². The molecule has 0 saturated heterocycles. The Balaban J connectivity index is 3.30. The highest BCUT2D eigenvalue weighted by atomic mass is 19.1. The highest BCUT2D eigenvalue weighted by Gasteiger charge is 2.12. The molecular formula is C11H9FO2. The van der Waals surface area contributed by atoms with E-state index in [4.69, 9.17) is 6.42 Å². The third-order valence-corrected chi connectivity index (χ3v) is 1.87. The van der Waals surface area contributed by atoms with Gasteiger partial charge in [-0.05, 0) is 24.6 Å². The van der Waals surface area contributed by atoms with Crippen LogP contribution in [0.1, 0.15) is 21.5 Å². The second-order valence-corrected chi connectivity index (χ2v) is 2.78. The summed E-state index contributed by atoms with van der Waals surface area (Å²) in [5.41, 5.74) is 0.949. The van der Waals surface area contributed by atoms with Gasteiger partial charge in [0.05, 0.1) is 18.2 Å². The van der Waals surface area contributed by atoms with Gasteiger partial charge in [0, 0.05) is 0 Å². The first-order chi connectivity index (χ1) is 6.60. The second kappa shape index (κ2) is 3.93. The van der Waals surface area contributed by atoms with Gasteiger partial charge in [-0.15, -0.1) is 6.42 Å². The molecule has 0 saturated carbocycles. The van der Waals surface area contributed by atoms with Crippen molar-refractivity contribution >= 4 is 5.97 Å². The molecule has 1 rings (SSSR count). The van der Waals surface area contributed by atoms with E-state index in [1.807, 2.05) is 0 Å². The summed E-state index contributed by atoms with van der Waals surface area (Å²) in [4.78, 5) is 11.1. The lowest BCUT2D eigenvalue weighted by molar-refractivity contribution is 0.0599. The number of carbonyl (C=O) groups excluding carboxylic acids is 1. The van der Waals surface area contributed by atoms with Crippen LogP contribution in [0.2, 0.25) is 0 Å². The fourth-order valence-corrected chi connectivity index (χ4v) is 1.12. The maximum Gasteiger partial charge on any atom is 0.338 e. The number of benzene rings is 1. The van der Waals surface area contributed by atoms with E-state index in [2.05, 4.69) is 10.7 Å². The zero-order valence-corrected chi connectivity index (χ0v) is 7.93. The van der Waals surface area contributed by atoms with E-state index >= 15 is 0 Å². The Kier molecular flexibility index (Phi) is 2.88. The number of rotatable bonds is 1. The van der Waals surface area contributed by atoms with E-state index in [1.54, 1.807) is 6.92 Å². The maximum atomic E-state index is 13.2. The molecule has 0 radical (unpaired) electrons. The summed E-state index contributed by atoms with van der Waals surface area (Å²) in [5, 5.41) is 0. The fourth-order valence-electron chi connectivity index (χ4n) is 1.12. The van der Waals surface area contributed by atoms with Gasteiger partial charge in [-0.25, -0.2) is 9.18 Å². The van der Waals surface area contributed by atoms with Crippen molar-refractivity contribution in [2.24, 2.45) is 0 Å². The van der Waals surface area contributed by atoms with Crippen molar-refractivity contribution in [1.29, 1.82) is 0 Å². The lowest BCUT2D eigenvalue weighted by Crippen LogP contribution is -2.05. The van der Waals surface area contributed by atoms with Crippen LogP contribution < -0.4 is 0 Å². The van der Waals surface area contributed by atoms with Crippen LogP contribution in [0.25, 0.3) is 0 Å². The van der Waals surface area contributed by atoms with E-state index in [0.29, 0.717) is 5.56 Å². The molecule has 0 bridgehead atoms. The second-order valence-electron chi connectivity index (χ2n) is 2.78. The van der Waals surface area contributed by atoms with E-state index in [-0.39, 0.29) is 11.1 Å². The van der Waals surface area contributed by atoms with Crippen molar-refractivity contribution in [3.8, 4) is 12.3 Å². The van der Waals surface area contributed by atoms with E-state index in [1.165, 1.54) is 13.2 Å². The molecule has 0 amide bonds. The van der Waals surface area contributed by atoms with Crippen molar-refractivity contribution in [2.75, 3.05) is 7.11 Å². The number of hydrogen-bond acceptors (Lipinski definition) is 2. The Labute approximate surface area is 81.7 Å². The molecule has 1 aromatic carbocycles. The molecule has 0 aliphatic heterocycles. The lowest BCUT2D eigenvalue weighted by atomic mass is 10.0. The number of carbonyl (C=O) groups is 1. The van der Waals surface area contributed by atoms with Gasteiger partial charge >= 0.3 is 5.97 Å². The minimum atomic E-state index is -0.585. The van der Waals surface area contributed by atoms with Crippen LogP contribution in [-0.2, 0) is 4.74 Å². The van der Waals surface area contributed by atoms with Gasteiger partial charge in [0.1, 0.15) is 5.82 Å². The quantitative estimate of drug-likeness (QED) is 0.501. The molecule has 0 heterocycles. The third-order valence-electron chi connectivity index (χ3n) is 1.87. The van der Waals surface area contributed by atoms with Crippen LogP contribution in [0.4, 0.5) is 4.39 Å². The van der Waals surface area contributed by atoms with Crippen molar-refractivity contribution in [1.82, 2.24) is 0 Å². The first-order valence-corrected chi connectivity index (χ1v) is 3.95. The van der Waals surface area contributed by atoms with Gasteiger partial charge in [0.25, 0.3) is 0 Å². The van der Waals surface area contributed by atoms with Crippen LogP contribution >= 0.6 is 0 Å². The van der Waals surface area contributed by atoms with E-state index in [0.717, 1.165) is 6.07 Å². The number of esters is 1. The molecule has 0 aromatic heterocycles. The van der Waals surface area contributed by atoms with Gasteiger partial charge in [-0.2, -0.15) is 0 Å². The fraction of sp³-hybridized carbons (Fsp3) is 0.182. The Bertz CT molecular complexity index is 416. The van der Waals surface area contributed by atoms with Crippen LogP contribution in [0.3, 0.4) is 0 Å². The Morgan fingerprint density at radius 2 is 2.21 bits per heavy atom. The third kappa shape index (κ3) is 1.74. The Hall–Kier alpha value is -1.82. The molecule has 0 unspecified atom stereocenters. The van der Waals surface area contributed by atoms with Gasteiger partial charge in [-0.3, -0.25) is 0 Å². The molecule has 14 heavy (non-hydrogen) atoms. The molecule has 72 valence electrons. The molecule has 0 spiro atoms. The van der Waals surface area contributed by atoms with E-state index in [9.17, 15) is 9.18 Å². The first kappa shape index (κ1) is 10.3. The minimum absolute atomic E-state index is 0.148. The Morgan fingerprint density at radius 1 is 1.57 bits per heavy atom. The van der Waals surface area contributed by atoms with Gasteiger partial charge in [0.15, 0.2) is 0 Å². The van der Waals surface area contributed by atoms with Gasteiger partial charge < -0.3 is 4.74 Å². The standard InChI is InChI=1S/C11H9FO2/c1-4-8-5-7(2)9(6-10(8)12)11(13)14-3/h1,5-6H,2-3H3. The summed E-state index contributed by atoms with van der Waals surface area (Å²) < 4.78 is 17.7. The predicted molar refractivity (Wildman–Crippen MR) is 50.4 cm³/mol. The van der Waals surface area contributed by atoms with Crippen molar-refractivity contribution < 1.29 is 13.9 Å². The van der Waals surface area contributed by atoms with Crippen molar-refractivity contribution in [2.45, 2.75) is 6.92 Å². The number of methoxy groups -OCH3 is 1. The summed E-state index contributed by atoms with van der Waals surface area (Å²) in [7, 11) is 1.24. The summed E-state index contributed by atoms with van der Waals surface area (Å²) in [6.07, 6.45) is 5.07.